The van der Waals surface area contributed by atoms with Gasteiger partial charge in [0.05, 0.1) is 0 Å². The molecule has 1 fully saturated rings. The molecule has 94 valence electrons. The smallest absolute Gasteiger partial charge is 0.0323 e. The lowest BCUT2D eigenvalue weighted by Crippen LogP contribution is -2.57. The quantitative estimate of drug-likeness (QED) is 0.843. The third-order valence-corrected chi connectivity index (χ3v) is 3.79. The Balaban J connectivity index is 2.15. The zero-order valence-electron chi connectivity index (χ0n) is 11.5. The van der Waals surface area contributed by atoms with Gasteiger partial charge in [0.25, 0.3) is 0 Å². The Kier molecular flexibility index (Phi) is 3.55. The van der Waals surface area contributed by atoms with Gasteiger partial charge in [0.15, 0.2) is 0 Å². The molecule has 17 heavy (non-hydrogen) atoms. The molecule has 1 atom stereocenters. The average Bonchev–Trinajstić information content (AvgIpc) is 2.27. The second kappa shape index (κ2) is 4.79. The third kappa shape index (κ3) is 2.88. The highest BCUT2D eigenvalue weighted by atomic mass is 15.2. The zero-order valence-corrected chi connectivity index (χ0v) is 11.5. The summed E-state index contributed by atoms with van der Waals surface area (Å²) in [4.78, 5) is 2.58. The van der Waals surface area contributed by atoms with E-state index in [0.29, 0.717) is 6.04 Å². The van der Waals surface area contributed by atoms with Crippen LogP contribution in [-0.4, -0.2) is 30.1 Å². The van der Waals surface area contributed by atoms with Gasteiger partial charge in [-0.25, -0.2) is 0 Å². The fourth-order valence-electron chi connectivity index (χ4n) is 2.76. The molecule has 0 aliphatic carbocycles. The Morgan fingerprint density at radius 1 is 1.29 bits per heavy atom. The van der Waals surface area contributed by atoms with Crippen LogP contribution in [0.2, 0.25) is 0 Å². The maximum Gasteiger partial charge on any atom is 0.0323 e. The molecule has 2 nitrogen and oxygen atoms in total. The van der Waals surface area contributed by atoms with Gasteiger partial charge in [-0.05, 0) is 38.8 Å². The van der Waals surface area contributed by atoms with Crippen molar-refractivity contribution in [2.24, 2.45) is 0 Å². The number of nitrogens with zero attached hydrogens (tertiary/aromatic N) is 1. The van der Waals surface area contributed by atoms with Crippen molar-refractivity contribution in [3.8, 4) is 0 Å². The molecule has 0 radical (unpaired) electrons. The average molecular weight is 232 g/mol. The van der Waals surface area contributed by atoms with E-state index in [9.17, 15) is 0 Å². The van der Waals surface area contributed by atoms with Crippen molar-refractivity contribution in [2.45, 2.75) is 39.3 Å². The Bertz CT molecular complexity index is 384. The lowest BCUT2D eigenvalue weighted by Gasteiger charge is -2.42. The van der Waals surface area contributed by atoms with Gasteiger partial charge in [-0.2, -0.15) is 0 Å². The fraction of sp³-hybridized carbons (Fsp3) is 0.600. The highest BCUT2D eigenvalue weighted by Gasteiger charge is 2.29. The molecule has 0 aromatic heterocycles. The molecular weight excluding hydrogens is 208 g/mol. The molecule has 1 saturated heterocycles. The van der Waals surface area contributed by atoms with Gasteiger partial charge in [-0.1, -0.05) is 24.3 Å². The van der Waals surface area contributed by atoms with Crippen molar-refractivity contribution in [1.82, 2.24) is 10.2 Å². The van der Waals surface area contributed by atoms with Crippen molar-refractivity contribution in [3.05, 3.63) is 35.4 Å². The van der Waals surface area contributed by atoms with E-state index < -0.39 is 0 Å². The van der Waals surface area contributed by atoms with Crippen molar-refractivity contribution in [1.29, 1.82) is 0 Å². The zero-order chi connectivity index (χ0) is 12.5. The van der Waals surface area contributed by atoms with E-state index in [4.69, 9.17) is 0 Å². The van der Waals surface area contributed by atoms with E-state index >= 15 is 0 Å². The first-order valence-electron chi connectivity index (χ1n) is 6.54. The lowest BCUT2D eigenvalue weighted by atomic mass is 9.96. The Labute approximate surface area is 105 Å². The maximum atomic E-state index is 3.57. The summed E-state index contributed by atoms with van der Waals surface area (Å²) in [5, 5.41) is 3.57. The molecule has 2 rings (SSSR count). The van der Waals surface area contributed by atoms with Gasteiger partial charge >= 0.3 is 0 Å². The van der Waals surface area contributed by atoms with E-state index in [1.165, 1.54) is 11.1 Å². The fourth-order valence-corrected chi connectivity index (χ4v) is 2.76. The summed E-state index contributed by atoms with van der Waals surface area (Å²) in [6.45, 7) is 12.4. The summed E-state index contributed by atoms with van der Waals surface area (Å²) in [7, 11) is 0. The summed E-state index contributed by atoms with van der Waals surface area (Å²) in [5.74, 6) is 0. The Morgan fingerprint density at radius 2 is 2.00 bits per heavy atom. The molecule has 1 N–H and O–H groups in total. The molecular formula is C15H24N2. The molecule has 1 aromatic rings. The minimum atomic E-state index is 0.231. The summed E-state index contributed by atoms with van der Waals surface area (Å²) < 4.78 is 0. The second-order valence-corrected chi connectivity index (χ2v) is 5.81. The number of rotatable bonds is 2. The molecule has 0 bridgehead atoms. The number of piperazine rings is 1. The van der Waals surface area contributed by atoms with E-state index in [0.717, 1.165) is 19.6 Å². The summed E-state index contributed by atoms with van der Waals surface area (Å²) in [5.41, 5.74) is 3.09. The number of aryl methyl sites for hydroxylation is 1. The number of nitrogens with one attached hydrogen (secondary N) is 1. The van der Waals surface area contributed by atoms with Crippen molar-refractivity contribution < 1.29 is 0 Å². The topological polar surface area (TPSA) is 15.3 Å². The molecule has 1 aliphatic rings. The number of hydrogen-bond donors (Lipinski definition) is 1. The molecule has 0 spiro atoms. The van der Waals surface area contributed by atoms with Gasteiger partial charge in [0.1, 0.15) is 0 Å². The highest BCUT2D eigenvalue weighted by molar-refractivity contribution is 5.28. The van der Waals surface area contributed by atoms with Crippen LogP contribution in [0.25, 0.3) is 0 Å². The van der Waals surface area contributed by atoms with Gasteiger partial charge in [0, 0.05) is 31.2 Å². The third-order valence-electron chi connectivity index (χ3n) is 3.79. The van der Waals surface area contributed by atoms with E-state index in [-0.39, 0.29) is 5.54 Å². The minimum Gasteiger partial charge on any atom is -0.309 e. The van der Waals surface area contributed by atoms with Crippen LogP contribution >= 0.6 is 0 Å². The summed E-state index contributed by atoms with van der Waals surface area (Å²) in [6, 6.07) is 9.24. The van der Waals surface area contributed by atoms with Gasteiger partial charge < -0.3 is 5.32 Å². The largest absolute Gasteiger partial charge is 0.309 e. The van der Waals surface area contributed by atoms with Crippen LogP contribution in [0.5, 0.6) is 0 Å². The van der Waals surface area contributed by atoms with Crippen molar-refractivity contribution >= 4 is 0 Å². The van der Waals surface area contributed by atoms with E-state index in [2.05, 4.69) is 62.2 Å². The molecule has 0 saturated carbocycles. The monoisotopic (exact) mass is 232 g/mol. The van der Waals surface area contributed by atoms with Crippen molar-refractivity contribution in [3.63, 3.8) is 0 Å². The van der Waals surface area contributed by atoms with Crippen LogP contribution in [-0.2, 0) is 0 Å². The molecule has 1 heterocycles. The van der Waals surface area contributed by atoms with Crippen LogP contribution in [0.1, 0.15) is 37.9 Å². The van der Waals surface area contributed by atoms with Crippen LogP contribution in [0.3, 0.4) is 0 Å². The maximum absolute atomic E-state index is 3.57. The number of benzene rings is 1. The summed E-state index contributed by atoms with van der Waals surface area (Å²) in [6.07, 6.45) is 0. The van der Waals surface area contributed by atoms with Gasteiger partial charge in [-0.3, -0.25) is 4.90 Å². The second-order valence-electron chi connectivity index (χ2n) is 5.81. The molecule has 1 aromatic carbocycles. The van der Waals surface area contributed by atoms with E-state index in [1.807, 2.05) is 0 Å². The van der Waals surface area contributed by atoms with Gasteiger partial charge in [-0.15, -0.1) is 0 Å². The highest BCUT2D eigenvalue weighted by Crippen LogP contribution is 2.26. The first-order chi connectivity index (χ1) is 7.99. The minimum absolute atomic E-state index is 0.231. The van der Waals surface area contributed by atoms with Crippen LogP contribution in [0.15, 0.2) is 24.3 Å². The Hall–Kier alpha value is -0.860. The summed E-state index contributed by atoms with van der Waals surface area (Å²) >= 11 is 0. The standard InChI is InChI=1S/C15H24N2/c1-12-7-5-6-8-14(12)13(2)17-10-9-16-15(3,4)11-17/h5-8,13,16H,9-11H2,1-4H3. The predicted octanol–water partition coefficient (Wildman–Crippen LogP) is 2.74. The SMILES string of the molecule is Cc1ccccc1C(C)N1CCNC(C)(C)C1. The molecule has 1 unspecified atom stereocenters. The molecule has 1 aliphatic heterocycles. The molecule has 2 heteroatoms. The van der Waals surface area contributed by atoms with Crippen LogP contribution < -0.4 is 5.32 Å². The number of hydrogen-bond acceptors (Lipinski definition) is 2. The Morgan fingerprint density at radius 3 is 2.65 bits per heavy atom. The lowest BCUT2D eigenvalue weighted by molar-refractivity contribution is 0.116. The predicted molar refractivity (Wildman–Crippen MR) is 73.2 cm³/mol. The normalized spacial score (nSPS) is 22.4. The molecule has 0 amide bonds. The van der Waals surface area contributed by atoms with Crippen molar-refractivity contribution in [2.75, 3.05) is 19.6 Å². The first kappa shape index (κ1) is 12.6. The van der Waals surface area contributed by atoms with E-state index in [1.54, 1.807) is 0 Å². The van der Waals surface area contributed by atoms with Crippen LogP contribution in [0.4, 0.5) is 0 Å². The van der Waals surface area contributed by atoms with Gasteiger partial charge in [0.2, 0.25) is 0 Å². The van der Waals surface area contributed by atoms with Crippen LogP contribution in [0, 0.1) is 6.92 Å². The first-order valence-corrected chi connectivity index (χ1v) is 6.54.